The number of carbonyl (C=O) groups is 1. The quantitative estimate of drug-likeness (QED) is 0.503. The van der Waals surface area contributed by atoms with Crippen LogP contribution in [-0.2, 0) is 0 Å². The van der Waals surface area contributed by atoms with E-state index in [2.05, 4.69) is 40.8 Å². The van der Waals surface area contributed by atoms with Crippen LogP contribution in [0.25, 0.3) is 10.9 Å². The molecule has 0 aliphatic carbocycles. The molecule has 4 nitrogen and oxygen atoms in total. The molecule has 0 fully saturated rings. The number of amides is 1. The Morgan fingerprint density at radius 3 is 2.34 bits per heavy atom. The highest BCUT2D eigenvalue weighted by Gasteiger charge is 2.19. The van der Waals surface area contributed by atoms with Crippen molar-refractivity contribution in [3.05, 3.63) is 102 Å². The summed E-state index contributed by atoms with van der Waals surface area (Å²) in [6.07, 6.45) is 2.06. The van der Waals surface area contributed by atoms with Gasteiger partial charge in [-0.3, -0.25) is 4.79 Å². The minimum Gasteiger partial charge on any atom is -0.378 e. The summed E-state index contributed by atoms with van der Waals surface area (Å²) < 4.78 is 0. The molecule has 1 atom stereocenters. The van der Waals surface area contributed by atoms with Gasteiger partial charge in [0.25, 0.3) is 5.91 Å². The van der Waals surface area contributed by atoms with Crippen LogP contribution in [0.5, 0.6) is 0 Å². The van der Waals surface area contributed by atoms with Gasteiger partial charge in [-0.05, 0) is 41.5 Å². The van der Waals surface area contributed by atoms with Crippen molar-refractivity contribution >= 4 is 22.5 Å². The summed E-state index contributed by atoms with van der Waals surface area (Å²) in [4.78, 5) is 18.1. The smallest absolute Gasteiger partial charge is 0.251 e. The Bertz CT molecular complexity index is 1100. The second-order valence-electron chi connectivity index (χ2n) is 7.40. The Morgan fingerprint density at radius 2 is 1.62 bits per heavy atom. The molecular weight excluding hydrogens is 358 g/mol. The van der Waals surface area contributed by atoms with Gasteiger partial charge >= 0.3 is 0 Å². The summed E-state index contributed by atoms with van der Waals surface area (Å²) in [5, 5.41) is 4.32. The van der Waals surface area contributed by atoms with Crippen molar-refractivity contribution in [2.45, 2.75) is 5.92 Å². The standard InChI is InChI=1S/C25H25N3O/c1-28(2)20-14-12-19(13-15-20)25(29)27-16-22(18-8-4-3-5-9-18)23-17-26-24-11-7-6-10-21(23)24/h3-15,17,22,26H,16H2,1-2H3,(H,27,29). The van der Waals surface area contributed by atoms with Crippen molar-refractivity contribution in [1.82, 2.24) is 10.3 Å². The van der Waals surface area contributed by atoms with Crippen LogP contribution in [-0.4, -0.2) is 31.5 Å². The van der Waals surface area contributed by atoms with Crippen LogP contribution >= 0.6 is 0 Å². The van der Waals surface area contributed by atoms with Crippen LogP contribution in [0.4, 0.5) is 5.69 Å². The van der Waals surface area contributed by atoms with Crippen molar-refractivity contribution in [3.8, 4) is 0 Å². The zero-order chi connectivity index (χ0) is 20.2. The van der Waals surface area contributed by atoms with Crippen LogP contribution in [0.15, 0.2) is 85.1 Å². The molecular formula is C25H25N3O. The first kappa shape index (κ1) is 18.8. The summed E-state index contributed by atoms with van der Waals surface area (Å²) in [6.45, 7) is 0.528. The molecule has 0 saturated heterocycles. The Labute approximate surface area is 171 Å². The lowest BCUT2D eigenvalue weighted by Crippen LogP contribution is -2.29. The number of nitrogens with one attached hydrogen (secondary N) is 2. The fourth-order valence-electron chi connectivity index (χ4n) is 3.68. The molecule has 3 aromatic carbocycles. The summed E-state index contributed by atoms with van der Waals surface area (Å²) >= 11 is 0. The Hall–Kier alpha value is -3.53. The lowest BCUT2D eigenvalue weighted by molar-refractivity contribution is 0.0952. The maximum absolute atomic E-state index is 12.8. The highest BCUT2D eigenvalue weighted by molar-refractivity contribution is 5.94. The van der Waals surface area contributed by atoms with E-state index in [4.69, 9.17) is 0 Å². The van der Waals surface area contributed by atoms with E-state index < -0.39 is 0 Å². The first-order valence-corrected chi connectivity index (χ1v) is 9.80. The molecule has 4 aromatic rings. The van der Waals surface area contributed by atoms with Gasteiger partial charge in [-0.25, -0.2) is 0 Å². The molecule has 1 aromatic heterocycles. The van der Waals surface area contributed by atoms with Gasteiger partial charge in [0.2, 0.25) is 0 Å². The van der Waals surface area contributed by atoms with Gasteiger partial charge in [0.1, 0.15) is 0 Å². The third kappa shape index (κ3) is 4.02. The van der Waals surface area contributed by atoms with E-state index in [-0.39, 0.29) is 11.8 Å². The normalized spacial score (nSPS) is 11.9. The molecule has 0 saturated carbocycles. The molecule has 2 N–H and O–H groups in total. The topological polar surface area (TPSA) is 48.1 Å². The van der Waals surface area contributed by atoms with Crippen LogP contribution in [0.2, 0.25) is 0 Å². The van der Waals surface area contributed by atoms with Crippen LogP contribution in [0, 0.1) is 0 Å². The number of anilines is 1. The van der Waals surface area contributed by atoms with Crippen LogP contribution in [0.3, 0.4) is 0 Å². The lowest BCUT2D eigenvalue weighted by Gasteiger charge is -2.18. The number of rotatable bonds is 6. The molecule has 4 heteroatoms. The van der Waals surface area contributed by atoms with E-state index >= 15 is 0 Å². The van der Waals surface area contributed by atoms with Crippen LogP contribution < -0.4 is 10.2 Å². The number of para-hydroxylation sites is 1. The Kier molecular flexibility index (Phi) is 5.34. The molecule has 29 heavy (non-hydrogen) atoms. The van der Waals surface area contributed by atoms with E-state index in [0.29, 0.717) is 12.1 Å². The molecule has 146 valence electrons. The third-order valence-corrected chi connectivity index (χ3v) is 5.31. The first-order valence-electron chi connectivity index (χ1n) is 9.80. The average molecular weight is 383 g/mol. The number of fused-ring (bicyclic) bond motifs is 1. The maximum Gasteiger partial charge on any atom is 0.251 e. The highest BCUT2D eigenvalue weighted by atomic mass is 16.1. The number of carbonyl (C=O) groups excluding carboxylic acids is 1. The predicted octanol–water partition coefficient (Wildman–Crippen LogP) is 4.80. The van der Waals surface area contributed by atoms with Crippen molar-refractivity contribution in [2.24, 2.45) is 0 Å². The minimum absolute atomic E-state index is 0.0592. The number of aromatic nitrogens is 1. The number of hydrogen-bond donors (Lipinski definition) is 2. The number of hydrogen-bond acceptors (Lipinski definition) is 2. The zero-order valence-corrected chi connectivity index (χ0v) is 16.7. The Balaban J connectivity index is 1.59. The lowest BCUT2D eigenvalue weighted by atomic mass is 9.91. The van der Waals surface area contributed by atoms with Gasteiger partial charge in [-0.15, -0.1) is 0 Å². The third-order valence-electron chi connectivity index (χ3n) is 5.31. The molecule has 0 aliphatic heterocycles. The number of benzene rings is 3. The number of aromatic amines is 1. The highest BCUT2D eigenvalue weighted by Crippen LogP contribution is 2.30. The fraction of sp³-hybridized carbons (Fsp3) is 0.160. The minimum atomic E-state index is -0.0592. The van der Waals surface area contributed by atoms with Gasteiger partial charge < -0.3 is 15.2 Å². The fourth-order valence-corrected chi connectivity index (χ4v) is 3.68. The zero-order valence-electron chi connectivity index (χ0n) is 16.7. The van der Waals surface area contributed by atoms with Gasteiger partial charge in [0, 0.05) is 54.9 Å². The molecule has 0 spiro atoms. The molecule has 1 amide bonds. The molecule has 0 bridgehead atoms. The van der Waals surface area contributed by atoms with Crippen molar-refractivity contribution in [3.63, 3.8) is 0 Å². The summed E-state index contributed by atoms with van der Waals surface area (Å²) in [6, 6.07) is 26.3. The number of H-pyrrole nitrogens is 1. The van der Waals surface area contributed by atoms with Crippen molar-refractivity contribution in [1.29, 1.82) is 0 Å². The van der Waals surface area contributed by atoms with Gasteiger partial charge in [-0.1, -0.05) is 48.5 Å². The number of nitrogens with zero attached hydrogens (tertiary/aromatic N) is 1. The van der Waals surface area contributed by atoms with E-state index in [1.165, 1.54) is 16.5 Å². The van der Waals surface area contributed by atoms with Crippen molar-refractivity contribution in [2.75, 3.05) is 25.5 Å². The van der Waals surface area contributed by atoms with E-state index in [9.17, 15) is 4.79 Å². The molecule has 4 rings (SSSR count). The summed E-state index contributed by atoms with van der Waals surface area (Å²) in [7, 11) is 3.97. The summed E-state index contributed by atoms with van der Waals surface area (Å²) in [5.41, 5.74) is 5.22. The molecule has 0 radical (unpaired) electrons. The van der Waals surface area contributed by atoms with E-state index in [1.54, 1.807) is 0 Å². The monoisotopic (exact) mass is 383 g/mol. The molecule has 1 heterocycles. The largest absolute Gasteiger partial charge is 0.378 e. The second-order valence-corrected chi connectivity index (χ2v) is 7.40. The summed E-state index contributed by atoms with van der Waals surface area (Å²) in [5.74, 6) is 0.00780. The van der Waals surface area contributed by atoms with Gasteiger partial charge in [-0.2, -0.15) is 0 Å². The average Bonchev–Trinajstić information content (AvgIpc) is 3.19. The van der Waals surface area contributed by atoms with Crippen molar-refractivity contribution < 1.29 is 4.79 Å². The SMILES string of the molecule is CN(C)c1ccc(C(=O)NCC(c2ccccc2)c2c[nH]c3ccccc23)cc1. The van der Waals surface area contributed by atoms with Crippen LogP contribution in [0.1, 0.15) is 27.4 Å². The molecule has 1 unspecified atom stereocenters. The first-order chi connectivity index (χ1) is 14.1. The van der Waals surface area contributed by atoms with Gasteiger partial charge in [0.15, 0.2) is 0 Å². The Morgan fingerprint density at radius 1 is 0.931 bits per heavy atom. The van der Waals surface area contributed by atoms with E-state index in [0.717, 1.165) is 11.2 Å². The predicted molar refractivity (Wildman–Crippen MR) is 120 cm³/mol. The molecule has 0 aliphatic rings. The second kappa shape index (κ2) is 8.23. The van der Waals surface area contributed by atoms with Gasteiger partial charge in [0.05, 0.1) is 0 Å². The van der Waals surface area contributed by atoms with E-state index in [1.807, 2.05) is 73.6 Å². The maximum atomic E-state index is 12.8.